The highest BCUT2D eigenvalue weighted by molar-refractivity contribution is 6.68. The summed E-state index contributed by atoms with van der Waals surface area (Å²) in [4.78, 5) is 12.2. The van der Waals surface area contributed by atoms with Gasteiger partial charge in [0.15, 0.2) is 0 Å². The molecule has 3 aliphatic heterocycles. The van der Waals surface area contributed by atoms with Crippen LogP contribution < -0.4 is 14.5 Å². The van der Waals surface area contributed by atoms with E-state index in [0.717, 1.165) is 56.6 Å². The summed E-state index contributed by atoms with van der Waals surface area (Å²) in [7, 11) is 0. The smallest absolute Gasteiger partial charge is 0.314 e. The fourth-order valence-electron chi connectivity index (χ4n) is 9.52. The number of ether oxygens (including phenoxy) is 1. The van der Waals surface area contributed by atoms with Gasteiger partial charge in [-0.2, -0.15) is 0 Å². The standard InChI is InChI=1S/C56H48BN5O/c1-38-30-39(2)32-42(31-38)41-24-27-57-28-25-47(40-14-7-6-8-15-40)55(61(57)36-41)60-37-59(51-20-11-12-21-52(51)60)44-16-13-17-45(34-44)63-46-22-23-49-48-18-9-10-19-50(48)62(53(49)35-46)54-33-43(26-29-58-54)56(3,4)5/h6-36H,37H2,1-5H3. The first kappa shape index (κ1) is 38.4. The molecule has 0 radical (unpaired) electrons. The van der Waals surface area contributed by atoms with E-state index in [9.17, 15) is 0 Å². The molecule has 6 nitrogen and oxygen atoms in total. The summed E-state index contributed by atoms with van der Waals surface area (Å²) in [5, 5.41) is 2.34. The normalized spacial score (nSPS) is 14.8. The highest BCUT2D eigenvalue weighted by Gasteiger charge is 2.37. The summed E-state index contributed by atoms with van der Waals surface area (Å²) in [5.74, 6) is 8.21. The number of anilines is 3. The maximum absolute atomic E-state index is 6.78. The van der Waals surface area contributed by atoms with E-state index >= 15 is 0 Å². The van der Waals surface area contributed by atoms with Crippen LogP contribution in [-0.2, 0) is 5.41 Å². The molecule has 0 spiro atoms. The predicted molar refractivity (Wildman–Crippen MR) is 263 cm³/mol. The minimum Gasteiger partial charge on any atom is -0.457 e. The minimum atomic E-state index is -0.00794. The van der Waals surface area contributed by atoms with Crippen LogP contribution in [0, 0.1) is 13.8 Å². The lowest BCUT2D eigenvalue weighted by Crippen LogP contribution is -2.44. The first-order valence-electron chi connectivity index (χ1n) is 21.8. The highest BCUT2D eigenvalue weighted by atomic mass is 16.5. The molecular formula is C56H48BN5O. The molecule has 0 aliphatic carbocycles. The van der Waals surface area contributed by atoms with Gasteiger partial charge in [0.05, 0.1) is 22.4 Å². The molecule has 0 bridgehead atoms. The Kier molecular flexibility index (Phi) is 9.23. The number of aryl methyl sites for hydroxylation is 2. The van der Waals surface area contributed by atoms with Crippen molar-refractivity contribution >= 4 is 56.9 Å². The Balaban J connectivity index is 0.967. The SMILES string of the molecule is Cc1cc(C)cc(C2=CN3B(C=C2)C=CC(c2ccccc2)=C3N2CN(c3cccc(Oc4ccc5c6ccccc6n(-c6cc(C(C)(C)C)ccn6)c5c4)c3)c3ccccc32)c1. The Morgan fingerprint density at radius 3 is 2.13 bits per heavy atom. The number of allylic oxidation sites excluding steroid dienone is 4. The molecule has 3 aliphatic rings. The first-order valence-corrected chi connectivity index (χ1v) is 21.8. The van der Waals surface area contributed by atoms with E-state index in [2.05, 4.69) is 230 Å². The Bertz CT molecular complexity index is 3200. The number of nitrogens with zero attached hydrogens (tertiary/aromatic N) is 5. The lowest BCUT2D eigenvalue weighted by molar-refractivity contribution is 0.483. The van der Waals surface area contributed by atoms with Crippen LogP contribution in [0.3, 0.4) is 0 Å². The fourth-order valence-corrected chi connectivity index (χ4v) is 9.52. The summed E-state index contributed by atoms with van der Waals surface area (Å²) in [6.45, 7) is 11.8. The molecule has 6 aromatic carbocycles. The van der Waals surface area contributed by atoms with Gasteiger partial charge in [-0.3, -0.25) is 4.57 Å². The number of para-hydroxylation sites is 3. The Labute approximate surface area is 370 Å². The van der Waals surface area contributed by atoms with E-state index in [4.69, 9.17) is 9.72 Å². The molecule has 8 aromatic rings. The largest absolute Gasteiger partial charge is 0.457 e. The number of rotatable bonds is 7. The Morgan fingerprint density at radius 2 is 1.32 bits per heavy atom. The molecule has 5 heterocycles. The average Bonchev–Trinajstić information content (AvgIpc) is 3.84. The molecule has 0 atom stereocenters. The van der Waals surface area contributed by atoms with Crippen LogP contribution in [0.2, 0.25) is 0 Å². The maximum atomic E-state index is 6.78. The van der Waals surface area contributed by atoms with Crippen molar-refractivity contribution < 1.29 is 4.74 Å². The van der Waals surface area contributed by atoms with Crippen LogP contribution in [-0.4, -0.2) is 27.9 Å². The van der Waals surface area contributed by atoms with Crippen molar-refractivity contribution in [2.24, 2.45) is 0 Å². The Morgan fingerprint density at radius 1 is 0.603 bits per heavy atom. The number of pyridine rings is 1. The lowest BCUT2D eigenvalue weighted by atomic mass is 9.56. The van der Waals surface area contributed by atoms with Crippen LogP contribution in [0.5, 0.6) is 11.5 Å². The summed E-state index contributed by atoms with van der Waals surface area (Å²) in [6, 6.07) is 54.1. The summed E-state index contributed by atoms with van der Waals surface area (Å²) >= 11 is 0. The van der Waals surface area contributed by atoms with Crippen LogP contribution in [0.1, 0.15) is 48.6 Å². The molecule has 0 amide bonds. The third kappa shape index (κ3) is 6.90. The molecular weight excluding hydrogens is 769 g/mol. The second-order valence-corrected chi connectivity index (χ2v) is 18.0. The number of hydrogen-bond donors (Lipinski definition) is 0. The van der Waals surface area contributed by atoms with E-state index in [0.29, 0.717) is 6.67 Å². The van der Waals surface area contributed by atoms with E-state index in [-0.39, 0.29) is 12.3 Å². The van der Waals surface area contributed by atoms with Gasteiger partial charge >= 0.3 is 6.85 Å². The lowest BCUT2D eigenvalue weighted by Gasteiger charge is -2.40. The monoisotopic (exact) mass is 817 g/mol. The van der Waals surface area contributed by atoms with Crippen LogP contribution >= 0.6 is 0 Å². The predicted octanol–water partition coefficient (Wildman–Crippen LogP) is 13.7. The van der Waals surface area contributed by atoms with Crippen molar-refractivity contribution in [1.29, 1.82) is 0 Å². The van der Waals surface area contributed by atoms with Crippen molar-refractivity contribution in [1.82, 2.24) is 14.4 Å². The van der Waals surface area contributed by atoms with Gasteiger partial charge in [0.1, 0.15) is 29.8 Å². The van der Waals surface area contributed by atoms with Gasteiger partial charge < -0.3 is 19.3 Å². The molecule has 11 rings (SSSR count). The van der Waals surface area contributed by atoms with Gasteiger partial charge in [-0.15, -0.1) is 0 Å². The minimum absolute atomic E-state index is 0.00794. The van der Waals surface area contributed by atoms with Gasteiger partial charge in [-0.25, -0.2) is 4.98 Å². The first-order chi connectivity index (χ1) is 30.7. The van der Waals surface area contributed by atoms with Crippen LogP contribution in [0.4, 0.5) is 17.1 Å². The number of benzene rings is 6. The molecule has 0 unspecified atom stereocenters. The van der Waals surface area contributed by atoms with E-state index < -0.39 is 0 Å². The molecule has 2 aromatic heterocycles. The van der Waals surface area contributed by atoms with Gasteiger partial charge in [-0.1, -0.05) is 141 Å². The zero-order valence-electron chi connectivity index (χ0n) is 36.3. The molecule has 0 N–H and O–H groups in total. The molecule has 306 valence electrons. The van der Waals surface area contributed by atoms with Gasteiger partial charge in [0, 0.05) is 46.6 Å². The molecule has 0 fully saturated rings. The fraction of sp³-hybridized carbons (Fsp3) is 0.125. The van der Waals surface area contributed by atoms with Crippen LogP contribution in [0.25, 0.3) is 38.8 Å². The topological polar surface area (TPSA) is 36.8 Å². The van der Waals surface area contributed by atoms with Gasteiger partial charge in [-0.05, 0) is 96.1 Å². The highest BCUT2D eigenvalue weighted by Crippen LogP contribution is 2.47. The van der Waals surface area contributed by atoms with Gasteiger partial charge in [0.2, 0.25) is 0 Å². The second-order valence-electron chi connectivity index (χ2n) is 18.0. The third-order valence-corrected chi connectivity index (χ3v) is 12.5. The van der Waals surface area contributed by atoms with E-state index in [1.807, 2.05) is 12.3 Å². The zero-order chi connectivity index (χ0) is 42.8. The van der Waals surface area contributed by atoms with Crippen molar-refractivity contribution in [3.8, 4) is 17.3 Å². The zero-order valence-corrected chi connectivity index (χ0v) is 36.3. The van der Waals surface area contributed by atoms with Crippen molar-refractivity contribution in [2.75, 3.05) is 16.5 Å². The molecule has 0 saturated heterocycles. The second kappa shape index (κ2) is 15.1. The van der Waals surface area contributed by atoms with Crippen molar-refractivity contribution in [3.63, 3.8) is 0 Å². The summed E-state index contributed by atoms with van der Waals surface area (Å²) < 4.78 is 9.05. The molecule has 0 saturated carbocycles. The van der Waals surface area contributed by atoms with E-state index in [1.165, 1.54) is 44.3 Å². The quantitative estimate of drug-likeness (QED) is 0.150. The van der Waals surface area contributed by atoms with Crippen molar-refractivity contribution in [2.45, 2.75) is 40.0 Å². The number of fused-ring (bicyclic) bond motifs is 5. The van der Waals surface area contributed by atoms with Gasteiger partial charge in [0.25, 0.3) is 0 Å². The van der Waals surface area contributed by atoms with E-state index in [1.54, 1.807) is 0 Å². The van der Waals surface area contributed by atoms with Crippen LogP contribution in [0.15, 0.2) is 194 Å². The third-order valence-electron chi connectivity index (χ3n) is 12.5. The number of aromatic nitrogens is 2. The maximum Gasteiger partial charge on any atom is 0.314 e. The van der Waals surface area contributed by atoms with Crippen molar-refractivity contribution in [3.05, 3.63) is 222 Å². The summed E-state index contributed by atoms with van der Waals surface area (Å²) in [5.41, 5.74) is 14.1. The molecule has 7 heteroatoms. The number of hydrogen-bond acceptors (Lipinski definition) is 5. The molecule has 63 heavy (non-hydrogen) atoms. The average molecular weight is 818 g/mol. The summed E-state index contributed by atoms with van der Waals surface area (Å²) in [6.07, 6.45) is 8.85. The Hall–Kier alpha value is -7.51.